The van der Waals surface area contributed by atoms with Crippen LogP contribution in [0.1, 0.15) is 54.9 Å². The molecule has 0 bridgehead atoms. The quantitative estimate of drug-likeness (QED) is 0.655. The molecule has 0 spiro atoms. The number of benzene rings is 1. The summed E-state index contributed by atoms with van der Waals surface area (Å²) >= 11 is 0. The summed E-state index contributed by atoms with van der Waals surface area (Å²) in [6, 6.07) is 4.94. The number of rotatable bonds is 5. The number of nitrogens with zero attached hydrogens (tertiary/aromatic N) is 4. The number of hydrogen-bond acceptors (Lipinski definition) is 4. The van der Waals surface area contributed by atoms with E-state index in [1.165, 1.54) is 22.3 Å². The minimum absolute atomic E-state index is 0.128. The zero-order chi connectivity index (χ0) is 19.0. The predicted molar refractivity (Wildman–Crippen MR) is 105 cm³/mol. The molecule has 2 aromatic heterocycles. The minimum Gasteiger partial charge on any atom is -0.460 e. The topological polar surface area (TPSA) is 52.3 Å². The zero-order valence-corrected chi connectivity index (χ0v) is 16.8. The molecule has 0 atom stereocenters. The van der Waals surface area contributed by atoms with E-state index in [1.54, 1.807) is 4.52 Å². The Hall–Kier alpha value is -2.43. The zero-order valence-electron chi connectivity index (χ0n) is 16.8. The molecule has 0 aliphatic heterocycles. The van der Waals surface area contributed by atoms with Gasteiger partial charge < -0.3 is 4.74 Å². The van der Waals surface area contributed by atoms with Gasteiger partial charge in [0.1, 0.15) is 11.9 Å². The third-order valence-electron chi connectivity index (χ3n) is 4.85. The van der Waals surface area contributed by atoms with Crippen molar-refractivity contribution in [1.82, 2.24) is 19.6 Å². The van der Waals surface area contributed by atoms with Crippen LogP contribution in [-0.2, 0) is 0 Å². The number of ether oxygens (including phenoxy) is 1. The Balaban J connectivity index is 2.26. The second-order valence-corrected chi connectivity index (χ2v) is 7.08. The molecule has 2 heterocycles. The molecular weight excluding hydrogens is 324 g/mol. The van der Waals surface area contributed by atoms with Crippen molar-refractivity contribution in [3.63, 3.8) is 0 Å². The van der Waals surface area contributed by atoms with Gasteiger partial charge in [-0.05, 0) is 64.2 Å². The Morgan fingerprint density at radius 1 is 0.923 bits per heavy atom. The summed E-state index contributed by atoms with van der Waals surface area (Å²) in [5.74, 6) is 0.696. The standard InChI is InChI=1S/C21H28N4O/c1-8-17(9-2)26-21-23-16(7)22-20-19(15(6)24-25(20)21)18-13(4)10-12(3)11-14(18)5/h10-11,17H,8-9H2,1-7H3. The Kier molecular flexibility index (Phi) is 4.99. The Labute approximate surface area is 155 Å². The molecule has 0 radical (unpaired) electrons. The van der Waals surface area contributed by atoms with E-state index in [-0.39, 0.29) is 6.10 Å². The van der Waals surface area contributed by atoms with Crippen LogP contribution >= 0.6 is 0 Å². The van der Waals surface area contributed by atoms with Crippen molar-refractivity contribution in [2.45, 2.75) is 67.4 Å². The van der Waals surface area contributed by atoms with Gasteiger partial charge in [0.25, 0.3) is 0 Å². The monoisotopic (exact) mass is 352 g/mol. The molecule has 0 amide bonds. The first-order chi connectivity index (χ1) is 12.3. The first-order valence-electron chi connectivity index (χ1n) is 9.34. The Morgan fingerprint density at radius 3 is 2.12 bits per heavy atom. The van der Waals surface area contributed by atoms with Gasteiger partial charge in [-0.3, -0.25) is 0 Å². The maximum absolute atomic E-state index is 6.14. The summed E-state index contributed by atoms with van der Waals surface area (Å²) in [5.41, 5.74) is 7.76. The van der Waals surface area contributed by atoms with Gasteiger partial charge in [0.15, 0.2) is 5.65 Å². The number of hydrogen-bond donors (Lipinski definition) is 0. The summed E-state index contributed by atoms with van der Waals surface area (Å²) in [7, 11) is 0. The lowest BCUT2D eigenvalue weighted by Gasteiger charge is -2.15. The summed E-state index contributed by atoms with van der Waals surface area (Å²) in [4.78, 5) is 9.22. The smallest absolute Gasteiger partial charge is 0.321 e. The molecular formula is C21H28N4O. The molecule has 3 rings (SSSR count). The molecule has 0 N–H and O–H groups in total. The minimum atomic E-state index is 0.128. The molecule has 0 saturated carbocycles. The fourth-order valence-corrected chi connectivity index (χ4v) is 3.66. The van der Waals surface area contributed by atoms with Crippen LogP contribution in [0.15, 0.2) is 12.1 Å². The van der Waals surface area contributed by atoms with Crippen molar-refractivity contribution in [1.29, 1.82) is 0 Å². The lowest BCUT2D eigenvalue weighted by Crippen LogP contribution is -2.17. The predicted octanol–water partition coefficient (Wildman–Crippen LogP) is 4.90. The van der Waals surface area contributed by atoms with Gasteiger partial charge in [0.2, 0.25) is 0 Å². The molecule has 0 aliphatic carbocycles. The number of fused-ring (bicyclic) bond motifs is 1. The van der Waals surface area contributed by atoms with Crippen LogP contribution in [0.5, 0.6) is 6.01 Å². The fourth-order valence-electron chi connectivity index (χ4n) is 3.66. The summed E-state index contributed by atoms with van der Waals surface area (Å²) in [6.45, 7) is 14.6. The highest BCUT2D eigenvalue weighted by molar-refractivity contribution is 5.84. The normalized spacial score (nSPS) is 11.5. The highest BCUT2D eigenvalue weighted by atomic mass is 16.5. The van der Waals surface area contributed by atoms with E-state index in [4.69, 9.17) is 14.8 Å². The highest BCUT2D eigenvalue weighted by Crippen LogP contribution is 2.34. The first kappa shape index (κ1) is 18.4. The van der Waals surface area contributed by atoms with Gasteiger partial charge in [0, 0.05) is 0 Å². The van der Waals surface area contributed by atoms with E-state index in [0.29, 0.717) is 11.8 Å². The van der Waals surface area contributed by atoms with Crippen molar-refractivity contribution < 1.29 is 4.74 Å². The second-order valence-electron chi connectivity index (χ2n) is 7.08. The average molecular weight is 352 g/mol. The van der Waals surface area contributed by atoms with E-state index in [2.05, 4.69) is 51.7 Å². The van der Waals surface area contributed by atoms with Crippen LogP contribution in [0.2, 0.25) is 0 Å². The molecule has 0 aliphatic rings. The lowest BCUT2D eigenvalue weighted by atomic mass is 9.94. The molecule has 138 valence electrons. The van der Waals surface area contributed by atoms with Crippen molar-refractivity contribution in [3.8, 4) is 17.1 Å². The van der Waals surface area contributed by atoms with Crippen molar-refractivity contribution >= 4 is 5.65 Å². The van der Waals surface area contributed by atoms with Gasteiger partial charge in [-0.15, -0.1) is 0 Å². The van der Waals surface area contributed by atoms with Gasteiger partial charge in [-0.25, -0.2) is 4.98 Å². The highest BCUT2D eigenvalue weighted by Gasteiger charge is 2.21. The van der Waals surface area contributed by atoms with Gasteiger partial charge >= 0.3 is 6.01 Å². The van der Waals surface area contributed by atoms with Gasteiger partial charge in [0.05, 0.1) is 11.3 Å². The Morgan fingerprint density at radius 2 is 1.54 bits per heavy atom. The largest absolute Gasteiger partial charge is 0.460 e. The maximum Gasteiger partial charge on any atom is 0.321 e. The third-order valence-corrected chi connectivity index (χ3v) is 4.85. The summed E-state index contributed by atoms with van der Waals surface area (Å²) in [5, 5.41) is 4.72. The fraction of sp³-hybridized carbons (Fsp3) is 0.476. The van der Waals surface area contributed by atoms with Crippen molar-refractivity contribution in [2.75, 3.05) is 0 Å². The Bertz CT molecular complexity index is 931. The first-order valence-corrected chi connectivity index (χ1v) is 9.34. The van der Waals surface area contributed by atoms with Crippen LogP contribution in [-0.4, -0.2) is 25.7 Å². The van der Waals surface area contributed by atoms with E-state index in [0.717, 1.165) is 29.7 Å². The van der Waals surface area contributed by atoms with E-state index in [1.807, 2.05) is 13.8 Å². The molecule has 5 nitrogen and oxygen atoms in total. The van der Waals surface area contributed by atoms with Crippen LogP contribution < -0.4 is 4.74 Å². The van der Waals surface area contributed by atoms with Crippen LogP contribution in [0.25, 0.3) is 16.8 Å². The number of aromatic nitrogens is 4. The van der Waals surface area contributed by atoms with E-state index >= 15 is 0 Å². The molecule has 5 heteroatoms. The molecule has 0 fully saturated rings. The van der Waals surface area contributed by atoms with Crippen LogP contribution in [0, 0.1) is 34.6 Å². The summed E-state index contributed by atoms with van der Waals surface area (Å²) < 4.78 is 7.90. The van der Waals surface area contributed by atoms with E-state index < -0.39 is 0 Å². The third kappa shape index (κ3) is 3.18. The second kappa shape index (κ2) is 7.06. The SMILES string of the molecule is CCC(CC)Oc1nc(C)nc2c(-c3c(C)cc(C)cc3C)c(C)nn12. The van der Waals surface area contributed by atoms with Crippen LogP contribution in [0.4, 0.5) is 0 Å². The van der Waals surface area contributed by atoms with Crippen molar-refractivity contribution in [3.05, 3.63) is 40.3 Å². The van der Waals surface area contributed by atoms with Crippen LogP contribution in [0.3, 0.4) is 0 Å². The molecule has 0 unspecified atom stereocenters. The number of aryl methyl sites for hydroxylation is 5. The molecule has 1 aromatic carbocycles. The molecule has 26 heavy (non-hydrogen) atoms. The average Bonchev–Trinajstić information content (AvgIpc) is 2.88. The molecule has 3 aromatic rings. The van der Waals surface area contributed by atoms with Gasteiger partial charge in [-0.1, -0.05) is 31.5 Å². The molecule has 0 saturated heterocycles. The summed E-state index contributed by atoms with van der Waals surface area (Å²) in [6.07, 6.45) is 2.00. The van der Waals surface area contributed by atoms with E-state index in [9.17, 15) is 0 Å². The lowest BCUT2D eigenvalue weighted by molar-refractivity contribution is 0.170. The van der Waals surface area contributed by atoms with Crippen molar-refractivity contribution in [2.24, 2.45) is 0 Å². The van der Waals surface area contributed by atoms with Gasteiger partial charge in [-0.2, -0.15) is 14.6 Å². The maximum atomic E-state index is 6.14.